The summed E-state index contributed by atoms with van der Waals surface area (Å²) < 4.78 is 1.30. The van der Waals surface area contributed by atoms with E-state index >= 15 is 0 Å². The van der Waals surface area contributed by atoms with Crippen LogP contribution in [-0.2, 0) is 13.0 Å². The van der Waals surface area contributed by atoms with Crippen molar-refractivity contribution in [3.8, 4) is 0 Å². The van der Waals surface area contributed by atoms with Crippen LogP contribution in [0.25, 0.3) is 10.2 Å². The van der Waals surface area contributed by atoms with Crippen LogP contribution in [-0.4, -0.2) is 12.0 Å². The van der Waals surface area contributed by atoms with Gasteiger partial charge in [-0.25, -0.2) is 4.98 Å². The number of aryl methyl sites for hydroxylation is 1. The largest absolute Gasteiger partial charge is 0.316 e. The smallest absolute Gasteiger partial charge is 0.0935 e. The summed E-state index contributed by atoms with van der Waals surface area (Å²) in [6.07, 6.45) is 1.03. The van der Waals surface area contributed by atoms with Gasteiger partial charge in [0.15, 0.2) is 0 Å². The summed E-state index contributed by atoms with van der Waals surface area (Å²) in [5.74, 6) is 0. The molecule has 0 bridgehead atoms. The fourth-order valence-electron chi connectivity index (χ4n) is 1.48. The Balaban J connectivity index is 2.43. The van der Waals surface area contributed by atoms with Crippen LogP contribution in [0.15, 0.2) is 18.2 Å². The Labute approximate surface area is 88.0 Å². The summed E-state index contributed by atoms with van der Waals surface area (Å²) >= 11 is 1.80. The first-order valence-electron chi connectivity index (χ1n) is 4.86. The van der Waals surface area contributed by atoms with E-state index < -0.39 is 0 Å². The van der Waals surface area contributed by atoms with Crippen molar-refractivity contribution in [3.63, 3.8) is 0 Å². The molecule has 0 saturated heterocycles. The molecule has 2 rings (SSSR count). The second-order valence-corrected chi connectivity index (χ2v) is 4.41. The van der Waals surface area contributed by atoms with Crippen molar-refractivity contribution in [2.24, 2.45) is 0 Å². The van der Waals surface area contributed by atoms with Gasteiger partial charge >= 0.3 is 0 Å². The maximum absolute atomic E-state index is 4.53. The van der Waals surface area contributed by atoms with Crippen molar-refractivity contribution in [3.05, 3.63) is 28.8 Å². The molecule has 14 heavy (non-hydrogen) atoms. The van der Waals surface area contributed by atoms with Crippen LogP contribution in [0.5, 0.6) is 0 Å². The predicted molar refractivity (Wildman–Crippen MR) is 61.8 cm³/mol. The second-order valence-electron chi connectivity index (χ2n) is 3.29. The molecule has 0 unspecified atom stereocenters. The molecule has 0 spiro atoms. The zero-order chi connectivity index (χ0) is 9.97. The lowest BCUT2D eigenvalue weighted by Gasteiger charge is -1.98. The highest BCUT2D eigenvalue weighted by Crippen LogP contribution is 2.23. The van der Waals surface area contributed by atoms with E-state index in [0.29, 0.717) is 0 Å². The van der Waals surface area contributed by atoms with Gasteiger partial charge in [-0.2, -0.15) is 0 Å². The van der Waals surface area contributed by atoms with E-state index in [4.69, 9.17) is 0 Å². The third-order valence-corrected chi connectivity index (χ3v) is 3.34. The van der Waals surface area contributed by atoms with Gasteiger partial charge in [-0.1, -0.05) is 13.0 Å². The Morgan fingerprint density at radius 3 is 3.00 bits per heavy atom. The van der Waals surface area contributed by atoms with Gasteiger partial charge in [0.25, 0.3) is 0 Å². The van der Waals surface area contributed by atoms with Crippen LogP contribution in [0.4, 0.5) is 0 Å². The van der Waals surface area contributed by atoms with Crippen LogP contribution in [0.2, 0.25) is 0 Å². The molecule has 0 aliphatic rings. The van der Waals surface area contributed by atoms with Gasteiger partial charge in [0.2, 0.25) is 0 Å². The molecule has 1 N–H and O–H groups in total. The number of benzene rings is 1. The normalized spacial score (nSPS) is 11.0. The minimum Gasteiger partial charge on any atom is -0.316 e. The quantitative estimate of drug-likeness (QED) is 0.835. The summed E-state index contributed by atoms with van der Waals surface area (Å²) in [5.41, 5.74) is 2.46. The number of nitrogens with zero attached hydrogens (tertiary/aromatic N) is 1. The number of hydrogen-bond donors (Lipinski definition) is 1. The SMILES string of the molecule is CCc1nc2ccc(CNC)cc2s1. The predicted octanol–water partition coefficient (Wildman–Crippen LogP) is 2.58. The molecule has 0 aliphatic carbocycles. The van der Waals surface area contributed by atoms with E-state index in [1.54, 1.807) is 11.3 Å². The molecule has 1 aromatic heterocycles. The lowest BCUT2D eigenvalue weighted by molar-refractivity contribution is 0.819. The van der Waals surface area contributed by atoms with Crippen LogP contribution in [0.1, 0.15) is 17.5 Å². The highest BCUT2D eigenvalue weighted by atomic mass is 32.1. The summed E-state index contributed by atoms with van der Waals surface area (Å²) in [5, 5.41) is 4.38. The van der Waals surface area contributed by atoms with Gasteiger partial charge in [0.05, 0.1) is 15.2 Å². The third kappa shape index (κ3) is 1.79. The van der Waals surface area contributed by atoms with Gasteiger partial charge < -0.3 is 5.32 Å². The maximum Gasteiger partial charge on any atom is 0.0935 e. The molecule has 2 nitrogen and oxygen atoms in total. The Morgan fingerprint density at radius 2 is 2.29 bits per heavy atom. The Hall–Kier alpha value is -0.930. The van der Waals surface area contributed by atoms with Crippen LogP contribution < -0.4 is 5.32 Å². The third-order valence-electron chi connectivity index (χ3n) is 2.18. The van der Waals surface area contributed by atoms with Gasteiger partial charge in [-0.15, -0.1) is 11.3 Å². The van der Waals surface area contributed by atoms with E-state index in [9.17, 15) is 0 Å². The zero-order valence-electron chi connectivity index (χ0n) is 8.50. The number of rotatable bonds is 3. The topological polar surface area (TPSA) is 24.9 Å². The zero-order valence-corrected chi connectivity index (χ0v) is 9.32. The molecule has 2 aromatic rings. The molecule has 0 fully saturated rings. The summed E-state index contributed by atoms with van der Waals surface area (Å²) in [4.78, 5) is 4.53. The van der Waals surface area contributed by atoms with Gasteiger partial charge in [0.1, 0.15) is 0 Å². The molecule has 1 heterocycles. The van der Waals surface area contributed by atoms with Crippen molar-refractivity contribution >= 4 is 21.6 Å². The van der Waals surface area contributed by atoms with Gasteiger partial charge in [-0.05, 0) is 31.2 Å². The molecule has 0 radical (unpaired) electrons. The molecule has 1 aromatic carbocycles. The van der Waals surface area contributed by atoms with Crippen molar-refractivity contribution in [2.45, 2.75) is 19.9 Å². The first-order chi connectivity index (χ1) is 6.83. The average molecular weight is 206 g/mol. The van der Waals surface area contributed by atoms with Crippen LogP contribution in [0.3, 0.4) is 0 Å². The fourth-order valence-corrected chi connectivity index (χ4v) is 2.45. The molecule has 0 aliphatic heterocycles. The highest BCUT2D eigenvalue weighted by molar-refractivity contribution is 7.18. The number of thiazole rings is 1. The summed E-state index contributed by atoms with van der Waals surface area (Å²) in [7, 11) is 1.97. The Kier molecular flexibility index (Phi) is 2.79. The molecular formula is C11H14N2S. The average Bonchev–Trinajstić information content (AvgIpc) is 2.60. The molecule has 0 atom stereocenters. The molecule has 74 valence electrons. The summed E-state index contributed by atoms with van der Waals surface area (Å²) in [6, 6.07) is 6.47. The van der Waals surface area contributed by atoms with Crippen molar-refractivity contribution < 1.29 is 0 Å². The highest BCUT2D eigenvalue weighted by Gasteiger charge is 2.02. The molecular weight excluding hydrogens is 192 g/mol. The Bertz CT molecular complexity index is 434. The minimum absolute atomic E-state index is 0.926. The van der Waals surface area contributed by atoms with E-state index in [1.165, 1.54) is 15.3 Å². The van der Waals surface area contributed by atoms with Crippen molar-refractivity contribution in [1.29, 1.82) is 0 Å². The fraction of sp³-hybridized carbons (Fsp3) is 0.364. The van der Waals surface area contributed by atoms with E-state index in [2.05, 4.69) is 35.4 Å². The van der Waals surface area contributed by atoms with Gasteiger partial charge in [0, 0.05) is 6.54 Å². The summed E-state index contributed by atoms with van der Waals surface area (Å²) in [6.45, 7) is 3.07. The van der Waals surface area contributed by atoms with E-state index in [0.717, 1.165) is 18.5 Å². The van der Waals surface area contributed by atoms with E-state index in [-0.39, 0.29) is 0 Å². The molecule has 0 saturated carbocycles. The van der Waals surface area contributed by atoms with Crippen LogP contribution >= 0.6 is 11.3 Å². The monoisotopic (exact) mass is 206 g/mol. The Morgan fingerprint density at radius 1 is 1.43 bits per heavy atom. The minimum atomic E-state index is 0.926. The molecule has 0 amide bonds. The van der Waals surface area contributed by atoms with Crippen molar-refractivity contribution in [2.75, 3.05) is 7.05 Å². The standard InChI is InChI=1S/C11H14N2S/c1-3-11-13-9-5-4-8(7-12-2)6-10(9)14-11/h4-6,12H,3,7H2,1-2H3. The van der Waals surface area contributed by atoms with Crippen molar-refractivity contribution in [1.82, 2.24) is 10.3 Å². The number of nitrogens with one attached hydrogen (secondary N) is 1. The van der Waals surface area contributed by atoms with Gasteiger partial charge in [-0.3, -0.25) is 0 Å². The first kappa shape index (κ1) is 9.62. The lowest BCUT2D eigenvalue weighted by Crippen LogP contribution is -2.04. The molecule has 3 heteroatoms. The number of aromatic nitrogens is 1. The lowest BCUT2D eigenvalue weighted by atomic mass is 10.2. The number of fused-ring (bicyclic) bond motifs is 1. The second kappa shape index (κ2) is 4.07. The first-order valence-corrected chi connectivity index (χ1v) is 5.68. The number of hydrogen-bond acceptors (Lipinski definition) is 3. The van der Waals surface area contributed by atoms with Crippen LogP contribution in [0, 0.1) is 0 Å². The van der Waals surface area contributed by atoms with E-state index in [1.807, 2.05) is 7.05 Å². The maximum atomic E-state index is 4.53.